The van der Waals surface area contributed by atoms with Gasteiger partial charge < -0.3 is 4.90 Å². The molecule has 2 aliphatic heterocycles. The van der Waals surface area contributed by atoms with E-state index in [-0.39, 0.29) is 19.6 Å². The molecule has 0 saturated carbocycles. The van der Waals surface area contributed by atoms with Crippen LogP contribution in [0.15, 0.2) is 23.1 Å². The zero-order valence-electron chi connectivity index (χ0n) is 15.6. The zero-order chi connectivity index (χ0) is 21.6. The second kappa shape index (κ2) is 7.47. The van der Waals surface area contributed by atoms with Gasteiger partial charge in [0.25, 0.3) is 0 Å². The SMILES string of the molecule is O=C(C1CCCc2nn(Cc3ccc(C(F)(F)F)nc3)c(=O)n21)N1CC(F)C(F)C1. The van der Waals surface area contributed by atoms with E-state index < -0.39 is 41.9 Å². The van der Waals surface area contributed by atoms with Crippen LogP contribution < -0.4 is 5.69 Å². The summed E-state index contributed by atoms with van der Waals surface area (Å²) in [7, 11) is 0. The summed E-state index contributed by atoms with van der Waals surface area (Å²) in [5, 5.41) is 4.20. The van der Waals surface area contributed by atoms with Gasteiger partial charge >= 0.3 is 11.9 Å². The number of pyridine rings is 1. The Bertz CT molecular complexity index is 990. The standard InChI is InChI=1S/C18H18F5N5O2/c19-11-8-26(9-12(11)20)16(29)13-2-1-3-15-25-27(17(30)28(13)15)7-10-4-5-14(24-6-10)18(21,22)23/h4-6,11-13H,1-3,7-9H2. The highest BCUT2D eigenvalue weighted by molar-refractivity contribution is 5.81. The van der Waals surface area contributed by atoms with Crippen molar-refractivity contribution in [3.05, 3.63) is 45.9 Å². The van der Waals surface area contributed by atoms with E-state index in [1.807, 2.05) is 0 Å². The van der Waals surface area contributed by atoms with E-state index in [1.54, 1.807) is 0 Å². The molecule has 0 aromatic carbocycles. The lowest BCUT2D eigenvalue weighted by molar-refractivity contribution is -0.141. The molecule has 162 valence electrons. The fourth-order valence-electron chi connectivity index (χ4n) is 3.84. The molecule has 1 saturated heterocycles. The highest BCUT2D eigenvalue weighted by Crippen LogP contribution is 2.28. The largest absolute Gasteiger partial charge is 0.433 e. The van der Waals surface area contributed by atoms with Crippen LogP contribution in [0.4, 0.5) is 22.0 Å². The van der Waals surface area contributed by atoms with Crippen molar-refractivity contribution < 1.29 is 26.7 Å². The maximum Gasteiger partial charge on any atom is 0.433 e. The van der Waals surface area contributed by atoms with Crippen LogP contribution in [0.5, 0.6) is 0 Å². The number of hydrogen-bond donors (Lipinski definition) is 0. The van der Waals surface area contributed by atoms with Crippen LogP contribution in [0.25, 0.3) is 0 Å². The van der Waals surface area contributed by atoms with Crippen LogP contribution in [0.1, 0.15) is 36.0 Å². The number of likely N-dealkylation sites (tertiary alicyclic amines) is 1. The Labute approximate surface area is 167 Å². The Morgan fingerprint density at radius 2 is 1.87 bits per heavy atom. The summed E-state index contributed by atoms with van der Waals surface area (Å²) in [5.74, 6) is -0.172. The zero-order valence-corrected chi connectivity index (χ0v) is 15.6. The molecule has 0 spiro atoms. The van der Waals surface area contributed by atoms with Gasteiger partial charge in [0.1, 0.15) is 17.6 Å². The molecule has 1 amide bonds. The first-order valence-corrected chi connectivity index (χ1v) is 9.42. The number of aromatic nitrogens is 4. The van der Waals surface area contributed by atoms with Gasteiger partial charge in [0, 0.05) is 12.6 Å². The Morgan fingerprint density at radius 1 is 1.17 bits per heavy atom. The fourth-order valence-corrected chi connectivity index (χ4v) is 3.84. The molecule has 7 nitrogen and oxygen atoms in total. The quantitative estimate of drug-likeness (QED) is 0.696. The number of alkyl halides is 5. The van der Waals surface area contributed by atoms with Crippen molar-refractivity contribution in [2.75, 3.05) is 13.1 Å². The predicted molar refractivity (Wildman–Crippen MR) is 93.2 cm³/mol. The van der Waals surface area contributed by atoms with Crippen LogP contribution in [0.3, 0.4) is 0 Å². The Hall–Kier alpha value is -2.79. The summed E-state index contributed by atoms with van der Waals surface area (Å²) in [4.78, 5) is 30.1. The molecule has 2 aromatic rings. The van der Waals surface area contributed by atoms with Crippen molar-refractivity contribution in [1.29, 1.82) is 0 Å². The van der Waals surface area contributed by atoms with E-state index in [1.165, 1.54) is 10.6 Å². The van der Waals surface area contributed by atoms with E-state index in [2.05, 4.69) is 10.1 Å². The van der Waals surface area contributed by atoms with Gasteiger partial charge in [-0.25, -0.2) is 18.3 Å². The lowest BCUT2D eigenvalue weighted by Crippen LogP contribution is -2.42. The van der Waals surface area contributed by atoms with E-state index >= 15 is 0 Å². The summed E-state index contributed by atoms with van der Waals surface area (Å²) in [5.41, 5.74) is -1.31. The maximum atomic E-state index is 13.5. The highest BCUT2D eigenvalue weighted by Gasteiger charge is 2.40. The number of hydrogen-bond acceptors (Lipinski definition) is 4. The van der Waals surface area contributed by atoms with Crippen molar-refractivity contribution in [3.63, 3.8) is 0 Å². The topological polar surface area (TPSA) is 73.0 Å². The van der Waals surface area contributed by atoms with Crippen LogP contribution >= 0.6 is 0 Å². The van der Waals surface area contributed by atoms with Crippen LogP contribution in [-0.4, -0.2) is 55.6 Å². The average molecular weight is 431 g/mol. The molecule has 2 aromatic heterocycles. The third kappa shape index (κ3) is 3.70. The predicted octanol–water partition coefficient (Wildman–Crippen LogP) is 1.90. The number of fused-ring (bicyclic) bond motifs is 1. The Balaban J connectivity index is 1.57. The smallest absolute Gasteiger partial charge is 0.335 e. The summed E-state index contributed by atoms with van der Waals surface area (Å²) in [6, 6.07) is 1.12. The van der Waals surface area contributed by atoms with E-state index in [0.29, 0.717) is 30.7 Å². The van der Waals surface area contributed by atoms with Gasteiger partial charge in [-0.15, -0.1) is 0 Å². The minimum absolute atomic E-state index is 0.117. The van der Waals surface area contributed by atoms with Crippen molar-refractivity contribution in [1.82, 2.24) is 24.2 Å². The van der Waals surface area contributed by atoms with Gasteiger partial charge in [0.05, 0.1) is 19.6 Å². The normalized spacial score (nSPS) is 24.2. The maximum absolute atomic E-state index is 13.5. The van der Waals surface area contributed by atoms with Crippen LogP contribution in [0.2, 0.25) is 0 Å². The molecular weight excluding hydrogens is 413 g/mol. The summed E-state index contributed by atoms with van der Waals surface area (Å²) in [6.07, 6.45) is -5.70. The number of halogens is 5. The molecule has 2 aliphatic rings. The van der Waals surface area contributed by atoms with Crippen LogP contribution in [0, 0.1) is 0 Å². The first-order chi connectivity index (χ1) is 14.1. The highest BCUT2D eigenvalue weighted by atomic mass is 19.4. The van der Waals surface area contributed by atoms with Crippen molar-refractivity contribution >= 4 is 5.91 Å². The molecule has 4 rings (SSSR count). The van der Waals surface area contributed by atoms with E-state index in [4.69, 9.17) is 0 Å². The lowest BCUT2D eigenvalue weighted by atomic mass is 10.0. The average Bonchev–Trinajstić information content (AvgIpc) is 3.20. The molecule has 3 unspecified atom stereocenters. The molecule has 0 radical (unpaired) electrons. The van der Waals surface area contributed by atoms with Gasteiger partial charge in [-0.05, 0) is 24.5 Å². The Morgan fingerprint density at radius 3 is 2.47 bits per heavy atom. The van der Waals surface area contributed by atoms with Crippen molar-refractivity contribution in [2.45, 2.75) is 50.4 Å². The summed E-state index contributed by atoms with van der Waals surface area (Å²) in [6.45, 7) is -0.828. The minimum atomic E-state index is -4.57. The molecule has 0 aliphatic carbocycles. The third-order valence-electron chi connectivity index (χ3n) is 5.36. The molecule has 0 bridgehead atoms. The molecule has 0 N–H and O–H groups in total. The van der Waals surface area contributed by atoms with Crippen molar-refractivity contribution in [3.8, 4) is 0 Å². The van der Waals surface area contributed by atoms with Gasteiger partial charge in [-0.1, -0.05) is 6.07 Å². The van der Waals surface area contributed by atoms with Crippen molar-refractivity contribution in [2.24, 2.45) is 0 Å². The first-order valence-electron chi connectivity index (χ1n) is 9.42. The molecule has 3 atom stereocenters. The van der Waals surface area contributed by atoms with E-state index in [0.717, 1.165) is 21.8 Å². The third-order valence-corrected chi connectivity index (χ3v) is 5.36. The number of nitrogens with zero attached hydrogens (tertiary/aromatic N) is 5. The number of carbonyl (C=O) groups is 1. The number of aryl methyl sites for hydroxylation is 1. The minimum Gasteiger partial charge on any atom is -0.335 e. The van der Waals surface area contributed by atoms with Gasteiger partial charge in [-0.2, -0.15) is 18.3 Å². The molecular formula is C18H18F5N5O2. The van der Waals surface area contributed by atoms with Crippen LogP contribution in [-0.2, 0) is 23.9 Å². The molecule has 4 heterocycles. The first kappa shape index (κ1) is 20.5. The second-order valence-electron chi connectivity index (χ2n) is 7.46. The number of amides is 1. The van der Waals surface area contributed by atoms with E-state index in [9.17, 15) is 31.5 Å². The lowest BCUT2D eigenvalue weighted by Gasteiger charge is -2.26. The van der Waals surface area contributed by atoms with Gasteiger partial charge in [-0.3, -0.25) is 14.3 Å². The summed E-state index contributed by atoms with van der Waals surface area (Å²) < 4.78 is 67.2. The molecule has 12 heteroatoms. The number of carbonyl (C=O) groups excluding carboxylic acids is 1. The number of rotatable bonds is 3. The van der Waals surface area contributed by atoms with Gasteiger partial charge in [0.2, 0.25) is 5.91 Å². The molecule has 1 fully saturated rings. The monoisotopic (exact) mass is 431 g/mol. The summed E-state index contributed by atoms with van der Waals surface area (Å²) >= 11 is 0. The Kier molecular flexibility index (Phi) is 5.10. The molecule has 30 heavy (non-hydrogen) atoms. The fraction of sp³-hybridized carbons (Fsp3) is 0.556. The van der Waals surface area contributed by atoms with Gasteiger partial charge in [0.15, 0.2) is 12.3 Å². The second-order valence-corrected chi connectivity index (χ2v) is 7.46.